The molecule has 4 heteroatoms. The SMILES string of the molecule is Cc1cc(NC(=O)c2cccc(Br)c2)c(C)cc1N. The van der Waals surface area contributed by atoms with Crippen LogP contribution >= 0.6 is 15.9 Å². The quantitative estimate of drug-likeness (QED) is 0.825. The Morgan fingerprint density at radius 1 is 1.16 bits per heavy atom. The summed E-state index contributed by atoms with van der Waals surface area (Å²) >= 11 is 3.35. The van der Waals surface area contributed by atoms with Crippen molar-refractivity contribution in [2.24, 2.45) is 0 Å². The minimum atomic E-state index is -0.131. The van der Waals surface area contributed by atoms with Crippen LogP contribution in [0.3, 0.4) is 0 Å². The maximum Gasteiger partial charge on any atom is 0.255 e. The zero-order valence-corrected chi connectivity index (χ0v) is 12.4. The van der Waals surface area contributed by atoms with Gasteiger partial charge in [0.25, 0.3) is 5.91 Å². The lowest BCUT2D eigenvalue weighted by Gasteiger charge is -2.11. The molecule has 0 radical (unpaired) electrons. The van der Waals surface area contributed by atoms with Crippen molar-refractivity contribution < 1.29 is 4.79 Å². The number of halogens is 1. The van der Waals surface area contributed by atoms with Crippen LogP contribution in [0.1, 0.15) is 21.5 Å². The topological polar surface area (TPSA) is 55.1 Å². The molecule has 2 rings (SSSR count). The highest BCUT2D eigenvalue weighted by atomic mass is 79.9. The Balaban J connectivity index is 2.27. The molecular weight excluding hydrogens is 304 g/mol. The van der Waals surface area contributed by atoms with E-state index in [1.54, 1.807) is 12.1 Å². The van der Waals surface area contributed by atoms with Crippen LogP contribution in [-0.2, 0) is 0 Å². The standard InChI is InChI=1S/C15H15BrN2O/c1-9-7-14(10(2)6-13(9)17)18-15(19)11-4-3-5-12(16)8-11/h3-8H,17H2,1-2H3,(H,18,19). The first kappa shape index (κ1) is 13.6. The van der Waals surface area contributed by atoms with Crippen LogP contribution in [0.15, 0.2) is 40.9 Å². The number of hydrogen-bond acceptors (Lipinski definition) is 2. The van der Waals surface area contributed by atoms with Gasteiger partial charge in [-0.05, 0) is 55.3 Å². The van der Waals surface area contributed by atoms with E-state index in [-0.39, 0.29) is 5.91 Å². The van der Waals surface area contributed by atoms with Crippen LogP contribution < -0.4 is 11.1 Å². The van der Waals surface area contributed by atoms with E-state index in [2.05, 4.69) is 21.2 Å². The number of benzene rings is 2. The summed E-state index contributed by atoms with van der Waals surface area (Å²) in [5, 5.41) is 2.91. The molecule has 0 aliphatic rings. The lowest BCUT2D eigenvalue weighted by molar-refractivity contribution is 0.102. The summed E-state index contributed by atoms with van der Waals surface area (Å²) in [6.45, 7) is 3.84. The Morgan fingerprint density at radius 3 is 2.58 bits per heavy atom. The van der Waals surface area contributed by atoms with Crippen LogP contribution in [0.25, 0.3) is 0 Å². The Labute approximate surface area is 121 Å². The fraction of sp³-hybridized carbons (Fsp3) is 0.133. The molecule has 0 atom stereocenters. The molecular formula is C15H15BrN2O. The van der Waals surface area contributed by atoms with Gasteiger partial charge in [0.1, 0.15) is 0 Å². The van der Waals surface area contributed by atoms with E-state index < -0.39 is 0 Å². The van der Waals surface area contributed by atoms with Gasteiger partial charge in [0, 0.05) is 21.4 Å². The minimum Gasteiger partial charge on any atom is -0.399 e. The number of aryl methyl sites for hydroxylation is 2. The second-order valence-corrected chi connectivity index (χ2v) is 5.40. The first-order valence-corrected chi connectivity index (χ1v) is 6.70. The summed E-state index contributed by atoms with van der Waals surface area (Å²) in [6.07, 6.45) is 0. The number of nitrogens with one attached hydrogen (secondary N) is 1. The molecule has 0 unspecified atom stereocenters. The highest BCUT2D eigenvalue weighted by Crippen LogP contribution is 2.23. The van der Waals surface area contributed by atoms with Crippen molar-refractivity contribution in [2.75, 3.05) is 11.1 Å². The van der Waals surface area contributed by atoms with Gasteiger partial charge in [0.05, 0.1) is 0 Å². The summed E-state index contributed by atoms with van der Waals surface area (Å²) in [6, 6.07) is 11.0. The van der Waals surface area contributed by atoms with Gasteiger partial charge in [0.2, 0.25) is 0 Å². The molecule has 2 aromatic rings. The molecule has 0 spiro atoms. The average Bonchev–Trinajstić information content (AvgIpc) is 2.36. The van der Waals surface area contributed by atoms with Crippen molar-refractivity contribution >= 4 is 33.2 Å². The van der Waals surface area contributed by atoms with E-state index in [1.165, 1.54) is 0 Å². The van der Waals surface area contributed by atoms with E-state index in [1.807, 2.05) is 38.1 Å². The van der Waals surface area contributed by atoms with Crippen molar-refractivity contribution in [3.05, 3.63) is 57.6 Å². The molecule has 1 amide bonds. The second kappa shape index (κ2) is 5.45. The number of nitrogen functional groups attached to an aromatic ring is 1. The highest BCUT2D eigenvalue weighted by Gasteiger charge is 2.09. The van der Waals surface area contributed by atoms with E-state index in [4.69, 9.17) is 5.73 Å². The van der Waals surface area contributed by atoms with Crippen molar-refractivity contribution in [1.82, 2.24) is 0 Å². The second-order valence-electron chi connectivity index (χ2n) is 4.49. The van der Waals surface area contributed by atoms with Gasteiger partial charge in [-0.15, -0.1) is 0 Å². The number of amides is 1. The highest BCUT2D eigenvalue weighted by molar-refractivity contribution is 9.10. The summed E-state index contributed by atoms with van der Waals surface area (Å²) in [7, 11) is 0. The van der Waals surface area contributed by atoms with E-state index >= 15 is 0 Å². The number of rotatable bonds is 2. The first-order chi connectivity index (χ1) is 8.97. The van der Waals surface area contributed by atoms with Gasteiger partial charge < -0.3 is 11.1 Å². The predicted molar refractivity (Wildman–Crippen MR) is 82.4 cm³/mol. The lowest BCUT2D eigenvalue weighted by Crippen LogP contribution is -2.13. The average molecular weight is 319 g/mol. The zero-order valence-electron chi connectivity index (χ0n) is 10.8. The molecule has 0 aliphatic heterocycles. The Kier molecular flexibility index (Phi) is 3.90. The molecule has 0 aromatic heterocycles. The number of anilines is 2. The number of nitrogens with two attached hydrogens (primary N) is 1. The van der Waals surface area contributed by atoms with Crippen molar-refractivity contribution in [3.8, 4) is 0 Å². The third-order valence-electron chi connectivity index (χ3n) is 2.95. The first-order valence-electron chi connectivity index (χ1n) is 5.91. The number of carbonyl (C=O) groups excluding carboxylic acids is 1. The van der Waals surface area contributed by atoms with Gasteiger partial charge >= 0.3 is 0 Å². The molecule has 0 saturated heterocycles. The monoisotopic (exact) mass is 318 g/mol. The molecule has 0 heterocycles. The van der Waals surface area contributed by atoms with Gasteiger partial charge in [-0.3, -0.25) is 4.79 Å². The van der Waals surface area contributed by atoms with Gasteiger partial charge in [-0.25, -0.2) is 0 Å². The maximum atomic E-state index is 12.2. The molecule has 0 aliphatic carbocycles. The van der Waals surface area contributed by atoms with Crippen molar-refractivity contribution in [2.45, 2.75) is 13.8 Å². The van der Waals surface area contributed by atoms with E-state index in [0.717, 1.165) is 27.0 Å². The molecule has 2 aromatic carbocycles. The molecule has 0 bridgehead atoms. The molecule has 0 fully saturated rings. The Morgan fingerprint density at radius 2 is 1.89 bits per heavy atom. The molecule has 0 saturated carbocycles. The Hall–Kier alpha value is -1.81. The molecule has 19 heavy (non-hydrogen) atoms. The zero-order chi connectivity index (χ0) is 14.0. The summed E-state index contributed by atoms with van der Waals surface area (Å²) < 4.78 is 0.880. The van der Waals surface area contributed by atoms with Gasteiger partial charge in [0.15, 0.2) is 0 Å². The van der Waals surface area contributed by atoms with E-state index in [9.17, 15) is 4.79 Å². The lowest BCUT2D eigenvalue weighted by atomic mass is 10.1. The summed E-state index contributed by atoms with van der Waals surface area (Å²) in [4.78, 5) is 12.2. The third-order valence-corrected chi connectivity index (χ3v) is 3.44. The predicted octanol–water partition coefficient (Wildman–Crippen LogP) is 3.90. The van der Waals surface area contributed by atoms with Crippen molar-refractivity contribution in [3.63, 3.8) is 0 Å². The number of hydrogen-bond donors (Lipinski definition) is 2. The van der Waals surface area contributed by atoms with Crippen LogP contribution in [-0.4, -0.2) is 5.91 Å². The maximum absolute atomic E-state index is 12.2. The molecule has 3 N–H and O–H groups in total. The van der Waals surface area contributed by atoms with Crippen LogP contribution in [0.4, 0.5) is 11.4 Å². The fourth-order valence-electron chi connectivity index (χ4n) is 1.80. The van der Waals surface area contributed by atoms with Crippen LogP contribution in [0.2, 0.25) is 0 Å². The summed E-state index contributed by atoms with van der Waals surface area (Å²) in [5.74, 6) is -0.131. The largest absolute Gasteiger partial charge is 0.399 e. The normalized spacial score (nSPS) is 10.3. The van der Waals surface area contributed by atoms with Crippen molar-refractivity contribution in [1.29, 1.82) is 0 Å². The smallest absolute Gasteiger partial charge is 0.255 e. The summed E-state index contributed by atoms with van der Waals surface area (Å²) in [5.41, 5.74) is 9.87. The molecule has 3 nitrogen and oxygen atoms in total. The minimum absolute atomic E-state index is 0.131. The Bertz CT molecular complexity index is 638. The molecule has 98 valence electrons. The van der Waals surface area contributed by atoms with Crippen LogP contribution in [0.5, 0.6) is 0 Å². The van der Waals surface area contributed by atoms with Crippen LogP contribution in [0, 0.1) is 13.8 Å². The van der Waals surface area contributed by atoms with E-state index in [0.29, 0.717) is 5.56 Å². The fourth-order valence-corrected chi connectivity index (χ4v) is 2.20. The third kappa shape index (κ3) is 3.15. The van der Waals surface area contributed by atoms with Gasteiger partial charge in [-0.2, -0.15) is 0 Å². The number of carbonyl (C=O) groups is 1. The van der Waals surface area contributed by atoms with Gasteiger partial charge in [-0.1, -0.05) is 22.0 Å².